The van der Waals surface area contributed by atoms with Crippen molar-refractivity contribution in [2.45, 2.75) is 76.4 Å². The molecule has 32 heavy (non-hydrogen) atoms. The van der Waals surface area contributed by atoms with E-state index in [4.69, 9.17) is 0 Å². The molecule has 0 bridgehead atoms. The summed E-state index contributed by atoms with van der Waals surface area (Å²) in [7, 11) is 0. The molecule has 1 aliphatic carbocycles. The van der Waals surface area contributed by atoms with Gasteiger partial charge in [-0.3, -0.25) is 4.79 Å². The van der Waals surface area contributed by atoms with Crippen LogP contribution in [-0.2, 0) is 11.0 Å². The Hall–Kier alpha value is -2.00. The Kier molecular flexibility index (Phi) is 7.00. The average Bonchev–Trinajstić information content (AvgIpc) is 3.15. The second-order valence-electron chi connectivity index (χ2n) is 9.47. The van der Waals surface area contributed by atoms with Gasteiger partial charge in [0.15, 0.2) is 0 Å². The SMILES string of the molecule is CC(C)(C)C1CC(N(C(=O)c2ccc(C(F)(F)F)cc2)C2CCC(O)CC2)=C(C(=O)O)S1. The Labute approximate surface area is 189 Å². The number of hydrogen-bond donors (Lipinski definition) is 2. The van der Waals surface area contributed by atoms with Crippen LogP contribution in [0.2, 0.25) is 0 Å². The summed E-state index contributed by atoms with van der Waals surface area (Å²) in [5.74, 6) is -1.62. The van der Waals surface area contributed by atoms with Crippen LogP contribution in [0.4, 0.5) is 13.2 Å². The van der Waals surface area contributed by atoms with Gasteiger partial charge in [-0.25, -0.2) is 4.79 Å². The van der Waals surface area contributed by atoms with Crippen molar-refractivity contribution in [1.29, 1.82) is 0 Å². The number of carboxylic acids is 1. The number of halogens is 3. The molecule has 176 valence electrons. The zero-order valence-corrected chi connectivity index (χ0v) is 19.1. The van der Waals surface area contributed by atoms with E-state index in [-0.39, 0.29) is 27.2 Å². The standard InChI is InChI=1S/C23H28F3NO4S/c1-22(2,3)18-12-17(19(32-18)21(30)31)27(15-8-10-16(28)11-9-15)20(29)13-4-6-14(7-5-13)23(24,25)26/h4-7,15-16,18,28H,8-12H2,1-3H3,(H,30,31). The van der Waals surface area contributed by atoms with Crippen LogP contribution in [0.3, 0.4) is 0 Å². The predicted octanol–water partition coefficient (Wildman–Crippen LogP) is 5.30. The predicted molar refractivity (Wildman–Crippen MR) is 116 cm³/mol. The molecule has 1 aromatic rings. The highest BCUT2D eigenvalue weighted by molar-refractivity contribution is 8.04. The van der Waals surface area contributed by atoms with Crippen LogP contribution in [0.25, 0.3) is 0 Å². The van der Waals surface area contributed by atoms with Crippen LogP contribution in [0.15, 0.2) is 34.9 Å². The molecule has 0 radical (unpaired) electrons. The van der Waals surface area contributed by atoms with E-state index >= 15 is 0 Å². The fourth-order valence-corrected chi connectivity index (χ4v) is 5.45. The summed E-state index contributed by atoms with van der Waals surface area (Å²) >= 11 is 1.23. The van der Waals surface area contributed by atoms with Crippen molar-refractivity contribution in [2.24, 2.45) is 5.41 Å². The lowest BCUT2D eigenvalue weighted by molar-refractivity contribution is -0.137. The van der Waals surface area contributed by atoms with Crippen LogP contribution in [0.1, 0.15) is 68.8 Å². The minimum absolute atomic E-state index is 0.0549. The van der Waals surface area contributed by atoms with E-state index in [2.05, 4.69) is 0 Å². The number of alkyl halides is 3. The molecule has 9 heteroatoms. The Morgan fingerprint density at radius 1 is 1.03 bits per heavy atom. The first-order valence-corrected chi connectivity index (χ1v) is 11.5. The molecular formula is C23H28F3NO4S. The number of aliphatic hydroxyl groups is 1. The molecule has 1 amide bonds. The molecule has 0 saturated heterocycles. The minimum atomic E-state index is -4.51. The number of aliphatic carboxylic acids is 1. The van der Waals surface area contributed by atoms with Crippen molar-refractivity contribution in [2.75, 3.05) is 0 Å². The number of nitrogens with zero attached hydrogens (tertiary/aromatic N) is 1. The molecular weight excluding hydrogens is 443 g/mol. The average molecular weight is 472 g/mol. The van der Waals surface area contributed by atoms with Crippen LogP contribution >= 0.6 is 11.8 Å². The molecule has 1 aliphatic heterocycles. The number of carboxylic acid groups (broad SMARTS) is 1. The van der Waals surface area contributed by atoms with Gasteiger partial charge in [-0.1, -0.05) is 20.8 Å². The van der Waals surface area contributed by atoms with Gasteiger partial charge in [-0.2, -0.15) is 13.2 Å². The van der Waals surface area contributed by atoms with E-state index in [9.17, 15) is 33.0 Å². The Morgan fingerprint density at radius 3 is 2.06 bits per heavy atom. The molecule has 1 heterocycles. The molecule has 2 aliphatic rings. The summed E-state index contributed by atoms with van der Waals surface area (Å²) in [5.41, 5.74) is -0.575. The summed E-state index contributed by atoms with van der Waals surface area (Å²) in [4.78, 5) is 27.2. The van der Waals surface area contributed by atoms with Crippen molar-refractivity contribution in [3.05, 3.63) is 46.0 Å². The van der Waals surface area contributed by atoms with Gasteiger partial charge in [0.05, 0.1) is 11.7 Å². The third-order valence-corrected chi connectivity index (χ3v) is 7.87. The first-order chi connectivity index (χ1) is 14.8. The van der Waals surface area contributed by atoms with E-state index in [1.54, 1.807) is 0 Å². The molecule has 0 spiro atoms. The largest absolute Gasteiger partial charge is 0.477 e. The molecule has 1 fully saturated rings. The Morgan fingerprint density at radius 2 is 1.59 bits per heavy atom. The van der Waals surface area contributed by atoms with Gasteiger partial charge in [0, 0.05) is 29.0 Å². The lowest BCUT2D eigenvalue weighted by Crippen LogP contribution is -2.43. The zero-order chi connectivity index (χ0) is 23.8. The van der Waals surface area contributed by atoms with Crippen LogP contribution in [0, 0.1) is 5.41 Å². The topological polar surface area (TPSA) is 77.8 Å². The molecule has 1 atom stereocenters. The summed E-state index contributed by atoms with van der Waals surface area (Å²) in [6.45, 7) is 6.02. The van der Waals surface area contributed by atoms with Crippen molar-refractivity contribution >= 4 is 23.6 Å². The number of hydrogen-bond acceptors (Lipinski definition) is 4. The first kappa shape index (κ1) is 24.6. The highest BCUT2D eigenvalue weighted by Crippen LogP contribution is 2.48. The molecule has 1 aromatic carbocycles. The minimum Gasteiger partial charge on any atom is -0.477 e. The summed E-state index contributed by atoms with van der Waals surface area (Å²) < 4.78 is 38.9. The van der Waals surface area contributed by atoms with Crippen LogP contribution in [0.5, 0.6) is 0 Å². The van der Waals surface area contributed by atoms with Crippen molar-refractivity contribution in [3.8, 4) is 0 Å². The third-order valence-electron chi connectivity index (χ3n) is 6.06. The molecule has 1 saturated carbocycles. The number of thioether (sulfide) groups is 1. The number of allylic oxidation sites excluding steroid dienone is 1. The van der Waals surface area contributed by atoms with Gasteiger partial charge in [0.25, 0.3) is 5.91 Å². The van der Waals surface area contributed by atoms with E-state index in [1.807, 2.05) is 20.8 Å². The summed E-state index contributed by atoms with van der Waals surface area (Å²) in [6.07, 6.45) is -2.66. The summed E-state index contributed by atoms with van der Waals surface area (Å²) in [5, 5.41) is 19.7. The van der Waals surface area contributed by atoms with E-state index in [1.165, 1.54) is 16.7 Å². The van der Waals surface area contributed by atoms with Crippen LogP contribution < -0.4 is 0 Å². The lowest BCUT2D eigenvalue weighted by Gasteiger charge is -2.37. The number of rotatable bonds is 4. The molecule has 1 unspecified atom stereocenters. The highest BCUT2D eigenvalue weighted by atomic mass is 32.2. The second-order valence-corrected chi connectivity index (χ2v) is 10.7. The third kappa shape index (κ3) is 5.31. The molecule has 2 N–H and O–H groups in total. The van der Waals surface area contributed by atoms with E-state index < -0.39 is 29.7 Å². The van der Waals surface area contributed by atoms with Crippen molar-refractivity contribution < 1.29 is 33.0 Å². The normalized spacial score (nSPS) is 24.5. The molecule has 0 aromatic heterocycles. The van der Waals surface area contributed by atoms with Crippen molar-refractivity contribution in [1.82, 2.24) is 4.90 Å². The van der Waals surface area contributed by atoms with Gasteiger partial charge >= 0.3 is 12.1 Å². The van der Waals surface area contributed by atoms with Gasteiger partial charge in [-0.05, 0) is 55.4 Å². The van der Waals surface area contributed by atoms with E-state index in [0.29, 0.717) is 37.8 Å². The number of aliphatic hydroxyl groups excluding tert-OH is 1. The first-order valence-electron chi connectivity index (χ1n) is 10.6. The maximum absolute atomic E-state index is 13.5. The van der Waals surface area contributed by atoms with Crippen LogP contribution in [-0.4, -0.2) is 44.4 Å². The smallest absolute Gasteiger partial charge is 0.416 e. The number of carbonyl (C=O) groups excluding carboxylic acids is 1. The quantitative estimate of drug-likeness (QED) is 0.623. The Balaban J connectivity index is 2.01. The highest BCUT2D eigenvalue weighted by Gasteiger charge is 2.42. The second kappa shape index (κ2) is 9.09. The van der Waals surface area contributed by atoms with Gasteiger partial charge in [0.2, 0.25) is 0 Å². The monoisotopic (exact) mass is 471 g/mol. The Bertz CT molecular complexity index is 897. The fraction of sp³-hybridized carbons (Fsp3) is 0.565. The van der Waals surface area contributed by atoms with Gasteiger partial charge in [0.1, 0.15) is 4.91 Å². The zero-order valence-electron chi connectivity index (χ0n) is 18.3. The number of amides is 1. The van der Waals surface area contributed by atoms with Gasteiger partial charge in [-0.15, -0.1) is 11.8 Å². The maximum Gasteiger partial charge on any atom is 0.416 e. The fourth-order valence-electron chi connectivity index (χ4n) is 4.15. The van der Waals surface area contributed by atoms with Gasteiger partial charge < -0.3 is 15.1 Å². The van der Waals surface area contributed by atoms with E-state index in [0.717, 1.165) is 24.3 Å². The molecule has 5 nitrogen and oxygen atoms in total. The number of carbonyl (C=O) groups is 2. The maximum atomic E-state index is 13.5. The lowest BCUT2D eigenvalue weighted by atomic mass is 9.87. The number of benzene rings is 1. The summed E-state index contributed by atoms with van der Waals surface area (Å²) in [6, 6.07) is 3.69. The van der Waals surface area contributed by atoms with Crippen molar-refractivity contribution in [3.63, 3.8) is 0 Å². The molecule has 3 rings (SSSR count).